The van der Waals surface area contributed by atoms with Crippen molar-refractivity contribution in [2.45, 2.75) is 6.04 Å². The minimum absolute atomic E-state index is 0.0634. The first-order chi connectivity index (χ1) is 7.22. The molecule has 0 saturated heterocycles. The minimum atomic E-state index is -0.287. The smallest absolute Gasteiger partial charge is 0.259 e. The third-order valence-electron chi connectivity index (χ3n) is 2.03. The molecule has 1 unspecified atom stereocenters. The molecule has 76 valence electrons. The zero-order valence-corrected chi connectivity index (χ0v) is 7.82. The summed E-state index contributed by atoms with van der Waals surface area (Å²) in [6.07, 6.45) is 6.70. The number of nitrogens with zero attached hydrogens (tertiary/aromatic N) is 2. The van der Waals surface area contributed by atoms with Gasteiger partial charge in [-0.15, -0.1) is 6.42 Å². The topological polar surface area (TPSA) is 96.2 Å². The molecule has 0 saturated carbocycles. The molecule has 1 aromatic rings. The molecule has 0 bridgehead atoms. The van der Waals surface area contributed by atoms with Gasteiger partial charge in [0.15, 0.2) is 5.82 Å². The van der Waals surface area contributed by atoms with Crippen molar-refractivity contribution in [2.75, 3.05) is 12.3 Å². The molecule has 0 amide bonds. The Kier molecular flexibility index (Phi) is 2.23. The van der Waals surface area contributed by atoms with E-state index in [4.69, 9.17) is 12.2 Å². The molecule has 4 N–H and O–H groups in total. The van der Waals surface area contributed by atoms with E-state index < -0.39 is 0 Å². The number of H-pyrrole nitrogens is 1. The average Bonchev–Trinajstić information content (AvgIpc) is 2.58. The van der Waals surface area contributed by atoms with E-state index in [1.165, 1.54) is 0 Å². The van der Waals surface area contributed by atoms with Gasteiger partial charge >= 0.3 is 0 Å². The summed E-state index contributed by atoms with van der Waals surface area (Å²) in [5.41, 5.74) is 5.55. The number of fused-ring (bicyclic) bond motifs is 1. The highest BCUT2D eigenvalue weighted by molar-refractivity contribution is 5.78. The summed E-state index contributed by atoms with van der Waals surface area (Å²) in [6.45, 7) is 0.361. The lowest BCUT2D eigenvalue weighted by atomic mass is 10.2. The lowest BCUT2D eigenvalue weighted by molar-refractivity contribution is 0.722. The maximum atomic E-state index is 11.6. The molecular formula is C9H9N5O. The number of rotatable bonds is 2. The average molecular weight is 203 g/mol. The van der Waals surface area contributed by atoms with Gasteiger partial charge in [-0.2, -0.15) is 4.98 Å². The summed E-state index contributed by atoms with van der Waals surface area (Å²) in [4.78, 5) is 21.9. The number of aliphatic imine (C=N–C) groups is 1. The highest BCUT2D eigenvalue weighted by Crippen LogP contribution is 2.24. The van der Waals surface area contributed by atoms with Crippen LogP contribution in [0.1, 0.15) is 11.6 Å². The molecule has 0 fully saturated rings. The van der Waals surface area contributed by atoms with Crippen molar-refractivity contribution in [3.63, 3.8) is 0 Å². The molecule has 6 nitrogen and oxygen atoms in total. The Morgan fingerprint density at radius 1 is 1.73 bits per heavy atom. The Morgan fingerprint density at radius 3 is 3.27 bits per heavy atom. The van der Waals surface area contributed by atoms with E-state index in [1.807, 2.05) is 0 Å². The fourth-order valence-corrected chi connectivity index (χ4v) is 1.41. The highest BCUT2D eigenvalue weighted by atomic mass is 16.1. The second-order valence-electron chi connectivity index (χ2n) is 3.03. The summed E-state index contributed by atoms with van der Waals surface area (Å²) in [7, 11) is 0. The van der Waals surface area contributed by atoms with Gasteiger partial charge in [0.1, 0.15) is 0 Å². The molecule has 2 heterocycles. The number of hydrogen-bond donors (Lipinski definition) is 3. The number of nitrogens with one attached hydrogen (secondary N) is 2. The van der Waals surface area contributed by atoms with Crippen LogP contribution in [-0.4, -0.2) is 22.7 Å². The first-order valence-electron chi connectivity index (χ1n) is 4.33. The first kappa shape index (κ1) is 9.43. The third kappa shape index (κ3) is 1.60. The van der Waals surface area contributed by atoms with Crippen molar-refractivity contribution in [3.05, 3.63) is 15.9 Å². The summed E-state index contributed by atoms with van der Waals surface area (Å²) in [6, 6.07) is -0.284. The molecule has 0 spiro atoms. The number of nitrogens with two attached hydrogens (primary N) is 1. The molecule has 1 aliphatic heterocycles. The van der Waals surface area contributed by atoms with Gasteiger partial charge in [-0.3, -0.25) is 15.1 Å². The molecule has 0 radical (unpaired) electrons. The van der Waals surface area contributed by atoms with E-state index in [0.717, 1.165) is 0 Å². The molecule has 6 heteroatoms. The molecule has 0 aromatic carbocycles. The number of terminal acetylenes is 1. The highest BCUT2D eigenvalue weighted by Gasteiger charge is 2.23. The molecule has 2 rings (SSSR count). The zero-order chi connectivity index (χ0) is 10.8. The largest absolute Gasteiger partial charge is 0.369 e. The summed E-state index contributed by atoms with van der Waals surface area (Å²) in [5, 5.41) is 2.96. The van der Waals surface area contributed by atoms with Crippen LogP contribution in [-0.2, 0) is 0 Å². The standard InChI is InChI=1S/C9H9N5O/c1-2-3-11-5-4-12-7-6(5)8(15)14-9(10)13-7/h1,4-5,11H,3H2,(H3,10,13,14,15). The van der Waals surface area contributed by atoms with Crippen molar-refractivity contribution >= 4 is 18.0 Å². The van der Waals surface area contributed by atoms with E-state index in [2.05, 4.69) is 26.2 Å². The summed E-state index contributed by atoms with van der Waals surface area (Å²) >= 11 is 0. The van der Waals surface area contributed by atoms with Crippen LogP contribution in [0, 0.1) is 12.3 Å². The lowest BCUT2D eigenvalue weighted by Gasteiger charge is -2.07. The molecular weight excluding hydrogens is 194 g/mol. The fraction of sp³-hybridized carbons (Fsp3) is 0.222. The van der Waals surface area contributed by atoms with Crippen LogP contribution in [0.3, 0.4) is 0 Å². The van der Waals surface area contributed by atoms with Gasteiger partial charge in [0, 0.05) is 6.21 Å². The van der Waals surface area contributed by atoms with Gasteiger partial charge in [-0.25, -0.2) is 4.99 Å². The Labute approximate surface area is 85.6 Å². The van der Waals surface area contributed by atoms with Crippen LogP contribution in [0.2, 0.25) is 0 Å². The molecule has 15 heavy (non-hydrogen) atoms. The van der Waals surface area contributed by atoms with Crippen LogP contribution in [0.25, 0.3) is 0 Å². The predicted octanol–water partition coefficient (Wildman–Crippen LogP) is -0.668. The van der Waals surface area contributed by atoms with Gasteiger partial charge < -0.3 is 5.73 Å². The van der Waals surface area contributed by atoms with Gasteiger partial charge in [-0.05, 0) is 0 Å². The van der Waals surface area contributed by atoms with Crippen LogP contribution in [0.5, 0.6) is 0 Å². The van der Waals surface area contributed by atoms with Gasteiger partial charge in [0.25, 0.3) is 5.56 Å². The van der Waals surface area contributed by atoms with E-state index in [-0.39, 0.29) is 17.5 Å². The van der Waals surface area contributed by atoms with Gasteiger partial charge in [-0.1, -0.05) is 5.92 Å². The third-order valence-corrected chi connectivity index (χ3v) is 2.03. The van der Waals surface area contributed by atoms with E-state index in [9.17, 15) is 4.79 Å². The quantitative estimate of drug-likeness (QED) is 0.555. The van der Waals surface area contributed by atoms with Crippen LogP contribution in [0.15, 0.2) is 9.79 Å². The summed E-state index contributed by atoms with van der Waals surface area (Å²) in [5.74, 6) is 2.84. The van der Waals surface area contributed by atoms with Gasteiger partial charge in [0.2, 0.25) is 5.95 Å². The normalized spacial score (nSPS) is 17.4. The van der Waals surface area contributed by atoms with Crippen LogP contribution in [0.4, 0.5) is 11.8 Å². The van der Waals surface area contributed by atoms with Crippen molar-refractivity contribution in [1.29, 1.82) is 0 Å². The molecule has 1 atom stereocenters. The first-order valence-corrected chi connectivity index (χ1v) is 4.33. The van der Waals surface area contributed by atoms with Crippen molar-refractivity contribution in [1.82, 2.24) is 15.3 Å². The number of anilines is 1. The second-order valence-corrected chi connectivity index (χ2v) is 3.03. The minimum Gasteiger partial charge on any atom is -0.369 e. The maximum Gasteiger partial charge on any atom is 0.259 e. The molecule has 1 aromatic heterocycles. The predicted molar refractivity (Wildman–Crippen MR) is 57.0 cm³/mol. The fourth-order valence-electron chi connectivity index (χ4n) is 1.41. The van der Waals surface area contributed by atoms with Crippen molar-refractivity contribution in [2.24, 2.45) is 4.99 Å². The van der Waals surface area contributed by atoms with E-state index in [1.54, 1.807) is 6.21 Å². The SMILES string of the molecule is C#CCNC1C=Nc2nc(N)[nH]c(=O)c21. The number of aromatic nitrogens is 2. The van der Waals surface area contributed by atoms with Crippen molar-refractivity contribution < 1.29 is 0 Å². The summed E-state index contributed by atoms with van der Waals surface area (Å²) < 4.78 is 0. The Hall–Kier alpha value is -2.13. The number of aromatic amines is 1. The Balaban J connectivity index is 2.39. The maximum absolute atomic E-state index is 11.6. The van der Waals surface area contributed by atoms with Gasteiger partial charge in [0.05, 0.1) is 18.2 Å². The van der Waals surface area contributed by atoms with E-state index >= 15 is 0 Å². The zero-order valence-electron chi connectivity index (χ0n) is 7.82. The number of hydrogen-bond acceptors (Lipinski definition) is 5. The number of nitrogen functional groups attached to an aromatic ring is 1. The monoisotopic (exact) mass is 203 g/mol. The van der Waals surface area contributed by atoms with Crippen molar-refractivity contribution in [3.8, 4) is 12.3 Å². The Morgan fingerprint density at radius 2 is 2.53 bits per heavy atom. The van der Waals surface area contributed by atoms with Crippen LogP contribution < -0.4 is 16.6 Å². The Bertz CT molecular complexity index is 510. The second kappa shape index (κ2) is 3.55. The lowest BCUT2D eigenvalue weighted by Crippen LogP contribution is -2.27. The molecule has 0 aliphatic carbocycles. The van der Waals surface area contributed by atoms with Crippen LogP contribution >= 0.6 is 0 Å². The van der Waals surface area contributed by atoms with E-state index in [0.29, 0.717) is 17.9 Å². The molecule has 1 aliphatic rings.